The van der Waals surface area contributed by atoms with Gasteiger partial charge in [0.2, 0.25) is 0 Å². The van der Waals surface area contributed by atoms with Crippen LogP contribution in [0.15, 0.2) is 47.4 Å². The number of nitrogens with zero attached hydrogens (tertiary/aromatic N) is 1. The van der Waals surface area contributed by atoms with Crippen LogP contribution in [0, 0.1) is 12.7 Å². The molecule has 0 bridgehead atoms. The Labute approximate surface area is 183 Å². The van der Waals surface area contributed by atoms with E-state index in [1.807, 2.05) is 25.1 Å². The molecule has 1 heterocycles. The lowest BCUT2D eigenvalue weighted by Gasteiger charge is -2.42. The smallest absolute Gasteiger partial charge is 0.410 e. The minimum absolute atomic E-state index is 0.0679. The first kappa shape index (κ1) is 21.8. The van der Waals surface area contributed by atoms with E-state index in [1.165, 1.54) is 12.1 Å². The average molecular weight is 446 g/mol. The number of rotatable bonds is 2. The molecule has 5 nitrogen and oxygen atoms in total. The molecule has 1 amide bonds. The van der Waals surface area contributed by atoms with E-state index < -0.39 is 38.1 Å². The number of halogens is 1. The fourth-order valence-corrected chi connectivity index (χ4v) is 7.39. The molecule has 4 rings (SSSR count). The molecular formula is C24H28FNO4S. The highest BCUT2D eigenvalue weighted by Gasteiger charge is 2.61. The minimum atomic E-state index is -3.93. The van der Waals surface area contributed by atoms with Gasteiger partial charge in [0.05, 0.1) is 10.9 Å². The van der Waals surface area contributed by atoms with Gasteiger partial charge in [-0.15, -0.1) is 0 Å². The molecule has 2 atom stereocenters. The van der Waals surface area contributed by atoms with E-state index in [2.05, 4.69) is 0 Å². The number of fused-ring (bicyclic) bond motifs is 3. The highest BCUT2D eigenvalue weighted by Crippen LogP contribution is 2.53. The van der Waals surface area contributed by atoms with Crippen molar-refractivity contribution < 1.29 is 22.3 Å². The average Bonchev–Trinajstić information content (AvgIpc) is 3.08. The normalized spacial score (nSPS) is 23.3. The van der Waals surface area contributed by atoms with Crippen LogP contribution in [0.1, 0.15) is 50.3 Å². The minimum Gasteiger partial charge on any atom is -0.444 e. The lowest BCUT2D eigenvalue weighted by molar-refractivity contribution is 0.0202. The topological polar surface area (TPSA) is 63.7 Å². The molecule has 0 spiro atoms. The molecule has 2 aromatic carbocycles. The number of hydrogen-bond acceptors (Lipinski definition) is 4. The van der Waals surface area contributed by atoms with Crippen LogP contribution in [0.2, 0.25) is 0 Å². The first-order valence-electron chi connectivity index (χ1n) is 10.6. The molecule has 0 saturated carbocycles. The van der Waals surface area contributed by atoms with Crippen LogP contribution in [0.5, 0.6) is 0 Å². The summed E-state index contributed by atoms with van der Waals surface area (Å²) in [5.41, 5.74) is 2.12. The maximum absolute atomic E-state index is 14.1. The zero-order valence-corrected chi connectivity index (χ0v) is 19.1. The molecule has 2 unspecified atom stereocenters. The third-order valence-electron chi connectivity index (χ3n) is 6.27. The van der Waals surface area contributed by atoms with Crippen LogP contribution in [0.4, 0.5) is 9.18 Å². The second kappa shape index (κ2) is 7.33. The quantitative estimate of drug-likeness (QED) is 0.626. The second-order valence-electron chi connectivity index (χ2n) is 9.49. The van der Waals surface area contributed by atoms with Gasteiger partial charge in [0.25, 0.3) is 0 Å². The van der Waals surface area contributed by atoms with Gasteiger partial charge in [-0.3, -0.25) is 0 Å². The molecule has 31 heavy (non-hydrogen) atoms. The largest absolute Gasteiger partial charge is 0.444 e. The molecule has 166 valence electrons. The van der Waals surface area contributed by atoms with E-state index in [4.69, 9.17) is 4.74 Å². The van der Waals surface area contributed by atoms with Crippen LogP contribution >= 0.6 is 0 Å². The highest BCUT2D eigenvalue weighted by atomic mass is 32.2. The summed E-state index contributed by atoms with van der Waals surface area (Å²) in [7, 11) is -3.93. The predicted molar refractivity (Wildman–Crippen MR) is 116 cm³/mol. The van der Waals surface area contributed by atoms with Crippen LogP contribution < -0.4 is 0 Å². The number of benzene rings is 2. The lowest BCUT2D eigenvalue weighted by Crippen LogP contribution is -2.52. The maximum Gasteiger partial charge on any atom is 0.410 e. The summed E-state index contributed by atoms with van der Waals surface area (Å²) in [6.45, 7) is 7.65. The fraction of sp³-hybridized carbons (Fsp3) is 0.458. The van der Waals surface area contributed by atoms with Gasteiger partial charge in [-0.25, -0.2) is 17.6 Å². The summed E-state index contributed by atoms with van der Waals surface area (Å²) in [5, 5.41) is 0. The Morgan fingerprint density at radius 3 is 2.48 bits per heavy atom. The molecule has 2 aromatic rings. The van der Waals surface area contributed by atoms with E-state index in [0.29, 0.717) is 12.8 Å². The number of carbonyl (C=O) groups is 1. The van der Waals surface area contributed by atoms with E-state index in [-0.39, 0.29) is 17.9 Å². The van der Waals surface area contributed by atoms with Crippen LogP contribution in [0.3, 0.4) is 0 Å². The van der Waals surface area contributed by atoms with Crippen LogP contribution in [-0.4, -0.2) is 37.6 Å². The van der Waals surface area contributed by atoms with Crippen molar-refractivity contribution in [1.29, 1.82) is 0 Å². The van der Waals surface area contributed by atoms with Gasteiger partial charge in [-0.2, -0.15) is 0 Å². The predicted octanol–water partition coefficient (Wildman–Crippen LogP) is 4.76. The monoisotopic (exact) mass is 445 g/mol. The standard InChI is InChI=1S/C24H28FNO4S/c1-16-5-11-20-17(15-16)6-12-21-24(20,13-14-26(21)22(27)30-23(2,3)4)31(28,29)19-9-7-18(25)8-10-19/h5,7-11,15,21H,6,12-14H2,1-4H3. The lowest BCUT2D eigenvalue weighted by atomic mass is 9.78. The van der Waals surface area contributed by atoms with Crippen LogP contribution in [0.25, 0.3) is 0 Å². The number of carbonyl (C=O) groups excluding carboxylic acids is 1. The molecule has 0 radical (unpaired) electrons. The molecule has 1 saturated heterocycles. The number of amides is 1. The van der Waals surface area contributed by atoms with Gasteiger partial charge in [-0.05, 0) is 82.3 Å². The zero-order chi connectivity index (χ0) is 22.6. The Bertz CT molecular complexity index is 1120. The van der Waals surface area contributed by atoms with E-state index in [1.54, 1.807) is 25.7 Å². The van der Waals surface area contributed by atoms with Crippen LogP contribution in [-0.2, 0) is 25.7 Å². The molecule has 1 fully saturated rings. The molecule has 1 aliphatic heterocycles. The van der Waals surface area contributed by atoms with E-state index in [0.717, 1.165) is 28.8 Å². The first-order valence-corrected chi connectivity index (χ1v) is 12.0. The number of hydrogen-bond donors (Lipinski definition) is 0. The highest BCUT2D eigenvalue weighted by molar-refractivity contribution is 7.92. The number of aryl methyl sites for hydroxylation is 2. The van der Waals surface area contributed by atoms with Crippen molar-refractivity contribution in [3.63, 3.8) is 0 Å². The van der Waals surface area contributed by atoms with Crippen molar-refractivity contribution in [2.45, 2.75) is 68.2 Å². The van der Waals surface area contributed by atoms with Crippen molar-refractivity contribution in [3.8, 4) is 0 Å². The molecule has 0 aromatic heterocycles. The van der Waals surface area contributed by atoms with Crippen molar-refractivity contribution in [1.82, 2.24) is 4.90 Å². The number of ether oxygens (including phenoxy) is 1. The molecule has 0 N–H and O–H groups in total. The Kier molecular flexibility index (Phi) is 5.16. The van der Waals surface area contributed by atoms with Gasteiger partial charge in [-0.1, -0.05) is 23.8 Å². The third-order valence-corrected chi connectivity index (χ3v) is 8.82. The summed E-state index contributed by atoms with van der Waals surface area (Å²) < 4.78 is 46.0. The maximum atomic E-state index is 14.1. The molecule has 2 aliphatic rings. The van der Waals surface area contributed by atoms with E-state index >= 15 is 0 Å². The fourth-order valence-electron chi connectivity index (χ4n) is 5.02. The Balaban J connectivity index is 1.88. The Hall–Kier alpha value is -2.41. The van der Waals surface area contributed by atoms with Crippen molar-refractivity contribution >= 4 is 15.9 Å². The molecule has 1 aliphatic carbocycles. The molecular weight excluding hydrogens is 417 g/mol. The van der Waals surface area contributed by atoms with Gasteiger partial charge in [0.1, 0.15) is 16.2 Å². The number of likely N-dealkylation sites (tertiary alicyclic amines) is 1. The zero-order valence-electron chi connectivity index (χ0n) is 18.3. The SMILES string of the molecule is Cc1ccc2c(c1)CCC1N(C(=O)OC(C)(C)C)CCC21S(=O)(=O)c1ccc(F)cc1. The Morgan fingerprint density at radius 2 is 1.84 bits per heavy atom. The summed E-state index contributed by atoms with van der Waals surface area (Å²) in [6, 6.07) is 10.2. The summed E-state index contributed by atoms with van der Waals surface area (Å²) >= 11 is 0. The third kappa shape index (κ3) is 3.53. The number of sulfone groups is 1. The summed E-state index contributed by atoms with van der Waals surface area (Å²) in [4.78, 5) is 14.6. The van der Waals surface area contributed by atoms with Crippen molar-refractivity contribution in [2.75, 3.05) is 6.54 Å². The molecule has 7 heteroatoms. The first-order chi connectivity index (χ1) is 14.5. The van der Waals surface area contributed by atoms with Crippen molar-refractivity contribution in [3.05, 3.63) is 65.0 Å². The van der Waals surface area contributed by atoms with Gasteiger partial charge < -0.3 is 9.64 Å². The van der Waals surface area contributed by atoms with E-state index in [9.17, 15) is 17.6 Å². The summed E-state index contributed by atoms with van der Waals surface area (Å²) in [6.07, 6.45) is 0.981. The summed E-state index contributed by atoms with van der Waals surface area (Å²) in [5.74, 6) is -0.491. The second-order valence-corrected chi connectivity index (χ2v) is 11.7. The van der Waals surface area contributed by atoms with Gasteiger partial charge in [0.15, 0.2) is 9.84 Å². The van der Waals surface area contributed by atoms with Gasteiger partial charge >= 0.3 is 6.09 Å². The van der Waals surface area contributed by atoms with Gasteiger partial charge in [0, 0.05) is 6.54 Å². The van der Waals surface area contributed by atoms with Crippen molar-refractivity contribution in [2.24, 2.45) is 0 Å². The Morgan fingerprint density at radius 1 is 1.16 bits per heavy atom.